The minimum Gasteiger partial charge on any atom is -0.490 e. The number of carbonyl (C=O) groups excluding carboxylic acids is 1. The number of carboxylic acids is 3. The molecule has 3 aromatic heterocycles. The van der Waals surface area contributed by atoms with Gasteiger partial charge >= 0.3 is 33.1 Å². The molecule has 0 saturated carbocycles. The minimum atomic E-state index is -4.18. The van der Waals surface area contributed by atoms with Gasteiger partial charge in [-0.05, 0) is 50.6 Å². The third kappa shape index (κ3) is 19.1. The van der Waals surface area contributed by atoms with Crippen molar-refractivity contribution in [1.82, 2.24) is 39.7 Å². The van der Waals surface area contributed by atoms with E-state index in [1.54, 1.807) is 24.3 Å². The molecule has 1 aromatic carbocycles. The summed E-state index contributed by atoms with van der Waals surface area (Å²) in [6.45, 7) is 1.95. The Labute approximate surface area is 396 Å². The molecule has 6 N–H and O–H groups in total. The lowest BCUT2D eigenvalue weighted by molar-refractivity contribution is -0.139. The molecule has 2 unspecified atom stereocenters. The molecule has 3 heterocycles. The Morgan fingerprint density at radius 1 is 0.710 bits per heavy atom. The van der Waals surface area contributed by atoms with Crippen LogP contribution in [0.5, 0.6) is 11.5 Å². The Balaban J connectivity index is 1.84. The maximum atomic E-state index is 13.4. The fourth-order valence-electron chi connectivity index (χ4n) is 6.32. The molecule has 376 valence electrons. The monoisotopic (exact) mass is 1010 g/mol. The number of hydrogen-bond donors (Lipinski definition) is 6. The minimum absolute atomic E-state index is 0.0567. The summed E-state index contributed by atoms with van der Waals surface area (Å²) in [5, 5.41) is 39.9. The maximum absolute atomic E-state index is 13.4. The zero-order valence-electron chi connectivity index (χ0n) is 38.4. The smallest absolute Gasteiger partial charge is 0.342 e. The number of benzene rings is 1. The largest absolute Gasteiger partial charge is 0.490 e. The number of methoxy groups -OCH3 is 2. The van der Waals surface area contributed by atoms with Crippen LogP contribution in [0.3, 0.4) is 0 Å². The van der Waals surface area contributed by atoms with E-state index in [1.807, 2.05) is 0 Å². The topological polar surface area (TPSA) is 326 Å². The Morgan fingerprint density at radius 2 is 1.22 bits per heavy atom. The second-order valence-electron chi connectivity index (χ2n) is 14.8. The van der Waals surface area contributed by atoms with Gasteiger partial charge in [-0.15, -0.1) is 0 Å². The Hall–Kier alpha value is -6.03. The molecule has 0 spiro atoms. The number of nitrogens with one attached hydrogen (secondary N) is 1. The maximum Gasteiger partial charge on any atom is 0.342 e. The number of nitrogens with zero attached hydrogens (tertiary/aromatic N) is 7. The van der Waals surface area contributed by atoms with Crippen LogP contribution in [0.1, 0.15) is 59.6 Å². The van der Waals surface area contributed by atoms with Crippen LogP contribution >= 0.6 is 15.2 Å². The highest BCUT2D eigenvalue weighted by Gasteiger charge is 2.27. The lowest BCUT2D eigenvalue weighted by Crippen LogP contribution is -2.31. The first-order valence-corrected chi connectivity index (χ1v) is 24.7. The number of rotatable bonds is 31. The van der Waals surface area contributed by atoms with Crippen molar-refractivity contribution in [2.24, 2.45) is 0 Å². The first-order chi connectivity index (χ1) is 32.8. The van der Waals surface area contributed by atoms with Gasteiger partial charge in [0.1, 0.15) is 37.3 Å². The summed E-state index contributed by atoms with van der Waals surface area (Å²) in [5.41, 5.74) is 1.28. The zero-order valence-corrected chi connectivity index (χ0v) is 40.2. The number of pyridine rings is 1. The predicted molar refractivity (Wildman–Crippen MR) is 244 cm³/mol. The first kappa shape index (κ1) is 55.6. The van der Waals surface area contributed by atoms with Gasteiger partial charge in [0.2, 0.25) is 0 Å². The summed E-state index contributed by atoms with van der Waals surface area (Å²) >= 11 is 0. The second kappa shape index (κ2) is 27.2. The van der Waals surface area contributed by atoms with Crippen molar-refractivity contribution in [2.75, 3.05) is 86.1 Å². The Bertz CT molecular complexity index is 2440. The molecule has 2 atom stereocenters. The first-order valence-electron chi connectivity index (χ1n) is 21.2. The zero-order chi connectivity index (χ0) is 50.6. The number of hydrogen-bond acceptors (Lipinski definition) is 17. The van der Waals surface area contributed by atoms with Crippen molar-refractivity contribution < 1.29 is 81.4 Å². The van der Waals surface area contributed by atoms with Crippen LogP contribution in [0.2, 0.25) is 0 Å². The van der Waals surface area contributed by atoms with E-state index in [1.165, 1.54) is 71.8 Å². The summed E-state index contributed by atoms with van der Waals surface area (Å²) in [6, 6.07) is 9.22. The fraction of sp³-hybridized carbons (Fsp3) is 0.452. The van der Waals surface area contributed by atoms with Gasteiger partial charge in [0, 0.05) is 64.3 Å². The lowest BCUT2D eigenvalue weighted by Gasteiger charge is -2.21. The van der Waals surface area contributed by atoms with Crippen molar-refractivity contribution in [2.45, 2.75) is 39.8 Å². The summed E-state index contributed by atoms with van der Waals surface area (Å²) in [7, 11) is -5.39. The molecule has 0 aliphatic carbocycles. The average molecular weight is 1010 g/mol. The molecule has 0 aliphatic rings. The third-order valence-electron chi connectivity index (χ3n) is 9.08. The van der Waals surface area contributed by atoms with Gasteiger partial charge in [0.05, 0.1) is 62.0 Å². The van der Waals surface area contributed by atoms with E-state index in [0.717, 1.165) is 0 Å². The van der Waals surface area contributed by atoms with Crippen molar-refractivity contribution in [3.05, 3.63) is 76.9 Å². The molecule has 0 bridgehead atoms. The van der Waals surface area contributed by atoms with Crippen LogP contribution in [-0.2, 0) is 55.1 Å². The predicted octanol–water partition coefficient (Wildman–Crippen LogP) is 2.63. The van der Waals surface area contributed by atoms with E-state index in [4.69, 9.17) is 38.1 Å². The quantitative estimate of drug-likeness (QED) is 0.0240. The number of aliphatic carboxylic acids is 3. The molecule has 69 heavy (non-hydrogen) atoms. The Kier molecular flexibility index (Phi) is 21.9. The molecule has 0 aliphatic heterocycles. The standard InChI is InChI=1S/C42H56N8O17P2/c1-5-66-68(58,59)28-47(26-40(53)54)24-32-11-14-49(45-32)37-20-30(21-38(44-37)50-15-12-33(46-50)25-48(27-41(55)56)29-69(60,61)67-6-2)9-10-31-22-36(65-19-17-63-4)34(23-35(31)64-18-16-62-3)42(57)43-13-7-8-39(51)52/h11-12,14-15,20-23H,5-8,13,16-19,24-29H2,1-4H3,(H,43,57)(H,51,52)(H,53,54)(H,55,56)(H,58,59)(H,60,61). The van der Waals surface area contributed by atoms with Gasteiger partial charge in [-0.2, -0.15) is 10.2 Å². The van der Waals surface area contributed by atoms with Gasteiger partial charge in [-0.3, -0.25) is 38.1 Å². The fourth-order valence-corrected chi connectivity index (χ4v) is 8.70. The molecule has 25 nitrogen and oxygen atoms in total. The van der Waals surface area contributed by atoms with E-state index in [0.29, 0.717) is 17.0 Å². The van der Waals surface area contributed by atoms with Crippen molar-refractivity contribution in [3.8, 4) is 35.0 Å². The average Bonchev–Trinajstić information content (AvgIpc) is 3.94. The molecule has 0 saturated heterocycles. The van der Waals surface area contributed by atoms with Gasteiger partial charge < -0.3 is 58.4 Å². The summed E-state index contributed by atoms with van der Waals surface area (Å²) < 4.78 is 60.1. The van der Waals surface area contributed by atoms with Gasteiger partial charge in [0.25, 0.3) is 5.91 Å². The molecule has 27 heteroatoms. The van der Waals surface area contributed by atoms with Gasteiger partial charge in [-0.25, -0.2) is 14.3 Å². The second-order valence-corrected chi connectivity index (χ2v) is 18.4. The van der Waals surface area contributed by atoms with Crippen molar-refractivity contribution in [1.29, 1.82) is 0 Å². The molecular weight excluding hydrogens is 950 g/mol. The van der Waals surface area contributed by atoms with Crippen molar-refractivity contribution in [3.63, 3.8) is 0 Å². The lowest BCUT2D eigenvalue weighted by atomic mass is 10.1. The van der Waals surface area contributed by atoms with E-state index in [9.17, 15) is 48.3 Å². The highest BCUT2D eigenvalue weighted by Crippen LogP contribution is 2.43. The Morgan fingerprint density at radius 3 is 1.68 bits per heavy atom. The van der Waals surface area contributed by atoms with Gasteiger partial charge in [0.15, 0.2) is 11.6 Å². The SMILES string of the molecule is CCOP(=O)(O)CN(CC(=O)O)Cc1ccn(-c2cc(C#Cc3cc(OCCOC)c(C(=O)NCCCC(=O)O)cc3OCCOC)cc(-n3ccc(CN(CC(=O)O)CP(=O)(O)OCC)n3)n2)n1. The van der Waals surface area contributed by atoms with Crippen LogP contribution in [0.25, 0.3) is 11.6 Å². The van der Waals surface area contributed by atoms with Crippen LogP contribution in [0.15, 0.2) is 48.8 Å². The number of ether oxygens (including phenoxy) is 4. The van der Waals surface area contributed by atoms with Crippen LogP contribution in [0.4, 0.5) is 0 Å². The van der Waals surface area contributed by atoms with Crippen molar-refractivity contribution >= 4 is 39.0 Å². The number of amides is 1. The van der Waals surface area contributed by atoms with E-state index >= 15 is 0 Å². The van der Waals surface area contributed by atoms with Crippen LogP contribution in [-0.4, -0.2) is 169 Å². The normalized spacial score (nSPS) is 13.0. The molecule has 4 rings (SSSR count). The third-order valence-corrected chi connectivity index (χ3v) is 11.9. The van der Waals surface area contributed by atoms with E-state index < -0.39 is 64.7 Å². The van der Waals surface area contributed by atoms with E-state index in [2.05, 4.69) is 27.4 Å². The van der Waals surface area contributed by atoms with Crippen LogP contribution < -0.4 is 14.8 Å². The molecule has 0 fully saturated rings. The van der Waals surface area contributed by atoms with E-state index in [-0.39, 0.29) is 106 Å². The number of carboxylic acid groups (broad SMARTS) is 3. The molecule has 4 aromatic rings. The highest BCUT2D eigenvalue weighted by molar-refractivity contribution is 7.53. The summed E-state index contributed by atoms with van der Waals surface area (Å²) in [6.07, 6.45) is 1.92. The number of aromatic nitrogens is 5. The van der Waals surface area contributed by atoms with Crippen LogP contribution in [0, 0.1) is 11.8 Å². The number of carbonyl (C=O) groups is 4. The highest BCUT2D eigenvalue weighted by atomic mass is 31.2. The molecule has 0 radical (unpaired) electrons. The summed E-state index contributed by atoms with van der Waals surface area (Å²) in [4.78, 5) is 75.5. The van der Waals surface area contributed by atoms with Gasteiger partial charge in [-0.1, -0.05) is 11.8 Å². The molecule has 1 amide bonds. The molecular formula is C42H56N8O17P2. The summed E-state index contributed by atoms with van der Waals surface area (Å²) in [5.74, 6) is 2.77.